The van der Waals surface area contributed by atoms with Crippen molar-refractivity contribution in [1.82, 2.24) is 23.5 Å². The van der Waals surface area contributed by atoms with Gasteiger partial charge in [-0.15, -0.1) is 0 Å². The third-order valence-corrected chi connectivity index (χ3v) is 6.12. The molecule has 0 aliphatic carbocycles. The molecule has 0 bridgehead atoms. The Labute approximate surface area is 159 Å². The van der Waals surface area contributed by atoms with Crippen LogP contribution in [-0.4, -0.2) is 27.2 Å². The monoisotopic (exact) mass is 399 g/mol. The van der Waals surface area contributed by atoms with Gasteiger partial charge in [0.05, 0.1) is 21.3 Å². The molecule has 4 rings (SSSR count). The van der Waals surface area contributed by atoms with Crippen molar-refractivity contribution in [2.45, 2.75) is 11.4 Å². The summed E-state index contributed by atoms with van der Waals surface area (Å²) in [6, 6.07) is 9.52. The number of nitrogens with one attached hydrogen (secondary N) is 1. The van der Waals surface area contributed by atoms with Crippen LogP contribution in [0.3, 0.4) is 0 Å². The highest BCUT2D eigenvalue weighted by Crippen LogP contribution is 2.16. The summed E-state index contributed by atoms with van der Waals surface area (Å²) >= 11 is 0. The lowest BCUT2D eigenvalue weighted by molar-refractivity contribution is 0.581. The highest BCUT2D eigenvalue weighted by molar-refractivity contribution is 7.89. The van der Waals surface area contributed by atoms with Crippen molar-refractivity contribution in [3.8, 4) is 0 Å². The Balaban J connectivity index is 1.73. The van der Waals surface area contributed by atoms with Gasteiger partial charge in [0.25, 0.3) is 5.56 Å². The van der Waals surface area contributed by atoms with Crippen LogP contribution in [0.1, 0.15) is 5.56 Å². The lowest BCUT2D eigenvalue weighted by Crippen LogP contribution is -2.37. The number of rotatable bonds is 4. The Hall–Kier alpha value is -3.24. The fourth-order valence-electron chi connectivity index (χ4n) is 3.16. The van der Waals surface area contributed by atoms with Crippen LogP contribution in [0.5, 0.6) is 0 Å². The quantitative estimate of drug-likeness (QED) is 0.533. The molecule has 0 amide bonds. The second kappa shape index (κ2) is 6.43. The van der Waals surface area contributed by atoms with E-state index in [2.05, 4.69) is 9.82 Å². The van der Waals surface area contributed by atoms with E-state index in [0.717, 1.165) is 15.6 Å². The Kier molecular flexibility index (Phi) is 4.16. The zero-order chi connectivity index (χ0) is 20.1. The number of hydrogen-bond donors (Lipinski definition) is 1. The predicted octanol–water partition coefficient (Wildman–Crippen LogP) is 0.363. The van der Waals surface area contributed by atoms with Gasteiger partial charge in [0, 0.05) is 33.0 Å². The van der Waals surface area contributed by atoms with Crippen LogP contribution < -0.4 is 16.0 Å². The highest BCUT2D eigenvalue weighted by Gasteiger charge is 2.17. The van der Waals surface area contributed by atoms with Gasteiger partial charge in [-0.3, -0.25) is 13.9 Å². The number of sulfonamides is 1. The minimum atomic E-state index is -3.87. The summed E-state index contributed by atoms with van der Waals surface area (Å²) < 4.78 is 32.0. The van der Waals surface area contributed by atoms with Gasteiger partial charge in [-0.25, -0.2) is 22.4 Å². The molecule has 9 nitrogen and oxygen atoms in total. The zero-order valence-electron chi connectivity index (χ0n) is 15.2. The maximum Gasteiger partial charge on any atom is 0.330 e. The molecule has 28 heavy (non-hydrogen) atoms. The van der Waals surface area contributed by atoms with E-state index in [4.69, 9.17) is 0 Å². The number of benzene rings is 1. The van der Waals surface area contributed by atoms with E-state index >= 15 is 0 Å². The lowest BCUT2D eigenvalue weighted by atomic mass is 10.2. The van der Waals surface area contributed by atoms with Crippen LogP contribution >= 0.6 is 0 Å². The van der Waals surface area contributed by atoms with Gasteiger partial charge in [0.15, 0.2) is 0 Å². The van der Waals surface area contributed by atoms with E-state index in [1.54, 1.807) is 29.0 Å². The normalized spacial score (nSPS) is 12.1. The van der Waals surface area contributed by atoms with E-state index in [1.807, 2.05) is 6.07 Å². The van der Waals surface area contributed by atoms with Crippen molar-refractivity contribution >= 4 is 26.4 Å². The smallest absolute Gasteiger partial charge is 0.296 e. The van der Waals surface area contributed by atoms with Gasteiger partial charge < -0.3 is 0 Å². The van der Waals surface area contributed by atoms with Gasteiger partial charge >= 0.3 is 5.69 Å². The molecule has 3 heterocycles. The van der Waals surface area contributed by atoms with E-state index < -0.39 is 21.3 Å². The number of fused-ring (bicyclic) bond motifs is 2. The second-order valence-corrected chi connectivity index (χ2v) is 8.17. The summed E-state index contributed by atoms with van der Waals surface area (Å²) in [6.45, 7) is 0.0711. The summed E-state index contributed by atoms with van der Waals surface area (Å²) in [6.07, 6.45) is 3.41. The number of pyridine rings is 1. The van der Waals surface area contributed by atoms with Gasteiger partial charge in [-0.1, -0.05) is 6.07 Å². The standard InChI is InChI=1S/C18H17N5O4S/c1-21-16-6-5-13(10-14(16)17(24)22(2)18(21)25)28(26,27)20-11-12-4-3-9-23-15(12)7-8-19-23/h3-10,20H,11H2,1-2H3. The van der Waals surface area contributed by atoms with Crippen LogP contribution in [0.4, 0.5) is 0 Å². The molecule has 0 unspecified atom stereocenters. The average molecular weight is 399 g/mol. The number of aryl methyl sites for hydroxylation is 1. The molecular weight excluding hydrogens is 382 g/mol. The van der Waals surface area contributed by atoms with E-state index in [1.165, 1.54) is 36.9 Å². The first kappa shape index (κ1) is 18.1. The molecule has 0 radical (unpaired) electrons. The summed E-state index contributed by atoms with van der Waals surface area (Å²) in [5, 5.41) is 4.28. The van der Waals surface area contributed by atoms with Crippen molar-refractivity contribution in [2.75, 3.05) is 0 Å². The van der Waals surface area contributed by atoms with E-state index in [-0.39, 0.29) is 16.8 Å². The van der Waals surface area contributed by atoms with Crippen LogP contribution in [0.25, 0.3) is 16.4 Å². The van der Waals surface area contributed by atoms with Crippen LogP contribution in [-0.2, 0) is 30.7 Å². The molecular formula is C18H17N5O4S. The first-order valence-electron chi connectivity index (χ1n) is 8.40. The molecule has 1 N–H and O–H groups in total. The first-order chi connectivity index (χ1) is 13.3. The molecule has 0 saturated carbocycles. The molecule has 144 valence electrons. The Morgan fingerprint density at radius 3 is 2.61 bits per heavy atom. The van der Waals surface area contributed by atoms with E-state index in [0.29, 0.717) is 5.52 Å². The molecule has 0 saturated heterocycles. The lowest BCUT2D eigenvalue weighted by Gasteiger charge is -2.11. The highest BCUT2D eigenvalue weighted by atomic mass is 32.2. The van der Waals surface area contributed by atoms with Crippen LogP contribution in [0, 0.1) is 0 Å². The van der Waals surface area contributed by atoms with Crippen molar-refractivity contribution in [3.05, 3.63) is 75.2 Å². The number of aromatic nitrogens is 4. The molecule has 0 fully saturated rings. The fraction of sp³-hybridized carbons (Fsp3) is 0.167. The molecule has 3 aromatic heterocycles. The molecule has 0 aliphatic rings. The summed E-state index contributed by atoms with van der Waals surface area (Å²) in [5.41, 5.74) is 0.922. The Morgan fingerprint density at radius 1 is 1.04 bits per heavy atom. The topological polar surface area (TPSA) is 107 Å². The molecule has 0 spiro atoms. The first-order valence-corrected chi connectivity index (χ1v) is 9.88. The van der Waals surface area contributed by atoms with Crippen molar-refractivity contribution < 1.29 is 8.42 Å². The largest absolute Gasteiger partial charge is 0.330 e. The van der Waals surface area contributed by atoms with Crippen LogP contribution in [0.15, 0.2) is 63.3 Å². The Morgan fingerprint density at radius 2 is 1.82 bits per heavy atom. The van der Waals surface area contributed by atoms with Gasteiger partial charge in [0.1, 0.15) is 0 Å². The minimum absolute atomic E-state index is 0.0452. The average Bonchev–Trinajstić information content (AvgIpc) is 3.18. The Bertz CT molecular complexity index is 1450. The number of nitrogens with zero attached hydrogens (tertiary/aromatic N) is 4. The summed E-state index contributed by atoms with van der Waals surface area (Å²) in [7, 11) is -0.982. The van der Waals surface area contributed by atoms with Crippen molar-refractivity contribution in [1.29, 1.82) is 0 Å². The molecule has 4 aromatic rings. The predicted molar refractivity (Wildman–Crippen MR) is 104 cm³/mol. The van der Waals surface area contributed by atoms with Crippen molar-refractivity contribution in [3.63, 3.8) is 0 Å². The molecule has 0 atom stereocenters. The number of hydrogen-bond acceptors (Lipinski definition) is 5. The molecule has 10 heteroatoms. The second-order valence-electron chi connectivity index (χ2n) is 6.40. The van der Waals surface area contributed by atoms with E-state index in [9.17, 15) is 18.0 Å². The van der Waals surface area contributed by atoms with Gasteiger partial charge in [-0.2, -0.15) is 5.10 Å². The van der Waals surface area contributed by atoms with Crippen molar-refractivity contribution in [2.24, 2.45) is 14.1 Å². The summed E-state index contributed by atoms with van der Waals surface area (Å²) in [5.74, 6) is 0. The maximum absolute atomic E-state index is 12.8. The minimum Gasteiger partial charge on any atom is -0.296 e. The summed E-state index contributed by atoms with van der Waals surface area (Å²) in [4.78, 5) is 24.4. The molecule has 1 aromatic carbocycles. The van der Waals surface area contributed by atoms with Crippen LogP contribution in [0.2, 0.25) is 0 Å². The fourth-order valence-corrected chi connectivity index (χ4v) is 4.19. The zero-order valence-corrected chi connectivity index (χ0v) is 16.0. The third kappa shape index (κ3) is 2.83. The van der Waals surface area contributed by atoms with Gasteiger partial charge in [-0.05, 0) is 35.9 Å². The third-order valence-electron chi connectivity index (χ3n) is 4.73. The van der Waals surface area contributed by atoms with Gasteiger partial charge in [0.2, 0.25) is 10.0 Å². The maximum atomic E-state index is 12.8. The molecule has 0 aliphatic heterocycles. The SMILES string of the molecule is Cn1c(=O)c2cc(S(=O)(=O)NCc3cccn4nccc34)ccc2n(C)c1=O.